The minimum atomic E-state index is -0.879. The van der Waals surface area contributed by atoms with Crippen molar-refractivity contribution in [3.8, 4) is 0 Å². The van der Waals surface area contributed by atoms with E-state index in [-0.39, 0.29) is 0 Å². The highest BCUT2D eigenvalue weighted by molar-refractivity contribution is 5.95. The molecule has 0 unspecified atom stereocenters. The molecule has 0 saturated carbocycles. The van der Waals surface area contributed by atoms with Gasteiger partial charge in [-0.25, -0.2) is 4.79 Å². The summed E-state index contributed by atoms with van der Waals surface area (Å²) in [6.45, 7) is 2.27. The summed E-state index contributed by atoms with van der Waals surface area (Å²) >= 11 is 1.42. The molecular formula is C25H43AlO5. The summed E-state index contributed by atoms with van der Waals surface area (Å²) in [7, 11) is 0. The average molecular weight is 451 g/mol. The first-order valence-corrected chi connectivity index (χ1v) is 12.4. The normalized spacial score (nSPS) is 9.74. The number of benzene rings is 1. The van der Waals surface area contributed by atoms with Gasteiger partial charge in [0.2, 0.25) is 0 Å². The van der Waals surface area contributed by atoms with Gasteiger partial charge in [0.15, 0.2) is 0 Å². The van der Waals surface area contributed by atoms with Gasteiger partial charge < -0.3 is 14.4 Å². The second-order valence-electron chi connectivity index (χ2n) is 7.76. The van der Waals surface area contributed by atoms with Crippen molar-refractivity contribution in [3.05, 3.63) is 35.9 Å². The third-order valence-corrected chi connectivity index (χ3v) is 5.01. The molecule has 0 spiro atoms. The van der Waals surface area contributed by atoms with Crippen LogP contribution in [-0.2, 0) is 4.79 Å². The minimum absolute atomic E-state index is 0.331. The van der Waals surface area contributed by atoms with Crippen LogP contribution in [0, 0.1) is 0 Å². The zero-order valence-electron chi connectivity index (χ0n) is 19.4. The molecule has 0 atom stereocenters. The monoisotopic (exact) mass is 450 g/mol. The lowest BCUT2D eigenvalue weighted by atomic mass is 10.0. The van der Waals surface area contributed by atoms with E-state index in [1.54, 1.807) is 30.3 Å². The van der Waals surface area contributed by atoms with Crippen molar-refractivity contribution in [1.82, 2.24) is 0 Å². The van der Waals surface area contributed by atoms with Crippen molar-refractivity contribution in [2.75, 3.05) is 0 Å². The maximum Gasteiger partial charge on any atom is 0.363 e. The van der Waals surface area contributed by atoms with Gasteiger partial charge in [0.25, 0.3) is 0 Å². The number of hydrogen-bond donors (Lipinski definition) is 3. The Kier molecular flexibility index (Phi) is 27.4. The van der Waals surface area contributed by atoms with E-state index in [9.17, 15) is 9.59 Å². The van der Waals surface area contributed by atoms with E-state index in [0.717, 1.165) is 12.8 Å². The lowest BCUT2D eigenvalue weighted by molar-refractivity contribution is -0.137. The Hall–Kier alpha value is -1.35. The molecular weight excluding hydrogens is 407 g/mol. The number of carboxylic acid groups (broad SMARTS) is 2. The Morgan fingerprint density at radius 1 is 0.645 bits per heavy atom. The highest BCUT2D eigenvalue weighted by Gasteiger charge is 1.97. The molecule has 0 heterocycles. The van der Waals surface area contributed by atoms with Gasteiger partial charge >= 0.3 is 28.6 Å². The van der Waals surface area contributed by atoms with Gasteiger partial charge in [-0.3, -0.25) is 4.79 Å². The fourth-order valence-corrected chi connectivity index (χ4v) is 3.23. The van der Waals surface area contributed by atoms with Crippen molar-refractivity contribution in [2.24, 2.45) is 0 Å². The highest BCUT2D eigenvalue weighted by atomic mass is 27.1. The maximum absolute atomic E-state index is 10.3. The maximum atomic E-state index is 10.3. The Morgan fingerprint density at radius 3 is 1.29 bits per heavy atom. The smallest absolute Gasteiger partial charge is 0.363 e. The van der Waals surface area contributed by atoms with Gasteiger partial charge in [-0.15, -0.1) is 0 Å². The molecule has 1 aromatic rings. The van der Waals surface area contributed by atoms with E-state index < -0.39 is 11.9 Å². The van der Waals surface area contributed by atoms with Crippen molar-refractivity contribution in [1.29, 1.82) is 0 Å². The molecule has 3 N–H and O–H groups in total. The van der Waals surface area contributed by atoms with E-state index in [1.165, 1.54) is 100 Å². The first-order chi connectivity index (χ1) is 15.1. The quantitative estimate of drug-likeness (QED) is 0.180. The van der Waals surface area contributed by atoms with Crippen molar-refractivity contribution in [2.45, 2.75) is 110 Å². The molecule has 0 amide bonds. The van der Waals surface area contributed by atoms with Gasteiger partial charge in [-0.2, -0.15) is 0 Å². The van der Waals surface area contributed by atoms with Crippen LogP contribution in [0.1, 0.15) is 120 Å². The van der Waals surface area contributed by atoms with Crippen LogP contribution in [-0.4, -0.2) is 42.9 Å². The Balaban J connectivity index is 0. The van der Waals surface area contributed by atoms with Crippen molar-refractivity contribution < 1.29 is 24.0 Å². The van der Waals surface area contributed by atoms with Gasteiger partial charge in [0.05, 0.1) is 5.56 Å². The second kappa shape index (κ2) is 26.7. The van der Waals surface area contributed by atoms with E-state index in [2.05, 4.69) is 6.92 Å². The molecule has 176 valence electrons. The molecule has 0 saturated heterocycles. The number of rotatable bonds is 17. The van der Waals surface area contributed by atoms with Crippen LogP contribution >= 0.6 is 0 Å². The summed E-state index contributed by atoms with van der Waals surface area (Å²) in [5, 5.41) is 16.9. The number of hydrogen-bond acceptors (Lipinski definition) is 3. The second-order valence-corrected chi connectivity index (χ2v) is 7.76. The standard InChI is InChI=1S/C18H36O2.C7H6O2.Al.H2O/c1-2-3-4-5-6-7-8-9-10-11-12-13-14-15-16-17-18(19)20;8-7(9)6-4-2-1-3-5-6;;/h2-17H2,1H3,(H,19,20);1-5H,(H,8,9);;1H2/q;;+1;/p-1. The molecule has 0 fully saturated rings. The molecule has 0 bridgehead atoms. The van der Waals surface area contributed by atoms with Gasteiger partial charge in [0.1, 0.15) is 0 Å². The topological polar surface area (TPSA) is 94.8 Å². The average Bonchev–Trinajstić information content (AvgIpc) is 2.78. The molecule has 0 aliphatic heterocycles. The van der Waals surface area contributed by atoms with Gasteiger partial charge in [0, 0.05) is 6.42 Å². The number of carbonyl (C=O) groups is 2. The fraction of sp³-hybridized carbons (Fsp3) is 0.680. The highest BCUT2D eigenvalue weighted by Crippen LogP contribution is 2.13. The molecule has 5 nitrogen and oxygen atoms in total. The summed E-state index contributed by atoms with van der Waals surface area (Å²) < 4.78 is 6.92. The number of unbranched alkanes of at least 4 members (excludes halogenated alkanes) is 14. The summed E-state index contributed by atoms with van der Waals surface area (Å²) in [5.41, 5.74) is 0.331. The van der Waals surface area contributed by atoms with Crippen LogP contribution in [0.4, 0.5) is 0 Å². The third kappa shape index (κ3) is 26.6. The Labute approximate surface area is 198 Å². The fourth-order valence-electron chi connectivity index (χ4n) is 3.23. The van der Waals surface area contributed by atoms with Gasteiger partial charge in [-0.1, -0.05) is 115 Å². The van der Waals surface area contributed by atoms with Crippen LogP contribution in [0.5, 0.6) is 0 Å². The predicted molar refractivity (Wildman–Crippen MR) is 129 cm³/mol. The summed E-state index contributed by atoms with van der Waals surface area (Å²) in [6.07, 6.45) is 20.2. The first-order valence-electron chi connectivity index (χ1n) is 11.8. The number of aromatic carboxylic acids is 1. The summed E-state index contributed by atoms with van der Waals surface area (Å²) in [5.74, 6) is -1.53. The van der Waals surface area contributed by atoms with Crippen LogP contribution in [0.25, 0.3) is 0 Å². The Bertz CT molecular complexity index is 508. The molecule has 1 rings (SSSR count). The molecule has 0 aliphatic rings. The number of aliphatic carboxylic acids is 1. The number of carboxylic acids is 2. The molecule has 2 radical (unpaired) electrons. The van der Waals surface area contributed by atoms with Crippen LogP contribution in [0.2, 0.25) is 0 Å². The van der Waals surface area contributed by atoms with Crippen molar-refractivity contribution in [3.63, 3.8) is 0 Å². The Morgan fingerprint density at radius 2 is 1.00 bits per heavy atom. The molecule has 6 heteroatoms. The van der Waals surface area contributed by atoms with E-state index in [1.807, 2.05) is 0 Å². The first kappa shape index (κ1) is 31.8. The van der Waals surface area contributed by atoms with Gasteiger partial charge in [-0.05, 0) is 18.6 Å². The van der Waals surface area contributed by atoms with E-state index in [0.29, 0.717) is 12.0 Å². The van der Waals surface area contributed by atoms with Crippen molar-refractivity contribution >= 4 is 28.6 Å². The van der Waals surface area contributed by atoms with Crippen LogP contribution < -0.4 is 0 Å². The lowest BCUT2D eigenvalue weighted by Gasteiger charge is -2.03. The molecule has 1 aromatic carbocycles. The van der Waals surface area contributed by atoms with Crippen LogP contribution in [0.15, 0.2) is 30.3 Å². The largest absolute Gasteiger partial charge is 0.529 e. The predicted octanol–water partition coefficient (Wildman–Crippen LogP) is 6.78. The zero-order valence-corrected chi connectivity index (χ0v) is 20.6. The zero-order chi connectivity index (χ0) is 23.6. The molecule has 31 heavy (non-hydrogen) atoms. The summed E-state index contributed by atoms with van der Waals surface area (Å²) in [4.78, 5) is 20.5. The third-order valence-electron chi connectivity index (χ3n) is 5.01. The molecule has 0 aromatic heterocycles. The minimum Gasteiger partial charge on any atom is -0.529 e. The molecule has 0 aliphatic carbocycles. The SMILES string of the molecule is CCCCCCCCCCCCCCCCCC(=O)O.O=C(O)c1ccccc1.[OH][Al]. The summed E-state index contributed by atoms with van der Waals surface area (Å²) in [6, 6.07) is 8.30. The lowest BCUT2D eigenvalue weighted by Crippen LogP contribution is -1.93. The van der Waals surface area contributed by atoms with E-state index in [4.69, 9.17) is 14.4 Å². The van der Waals surface area contributed by atoms with Crippen LogP contribution in [0.3, 0.4) is 0 Å². The van der Waals surface area contributed by atoms with E-state index >= 15 is 0 Å².